The Hall–Kier alpha value is -4.18. The molecule has 2 saturated carbocycles. The lowest BCUT2D eigenvalue weighted by Crippen LogP contribution is -2.47. The molecule has 224 valence electrons. The molecule has 1 aromatic carbocycles. The molecule has 3 aromatic heterocycles. The van der Waals surface area contributed by atoms with Gasteiger partial charge in [0, 0.05) is 40.5 Å². The molecule has 3 aliphatic rings. The molecule has 1 N–H and O–H groups in total. The fourth-order valence-corrected chi connectivity index (χ4v) is 7.25. The summed E-state index contributed by atoms with van der Waals surface area (Å²) in [5.41, 5.74) is 5.71. The number of piperidine rings is 1. The molecule has 1 saturated heterocycles. The third-order valence-electron chi connectivity index (χ3n) is 9.52. The van der Waals surface area contributed by atoms with Crippen LogP contribution in [0.15, 0.2) is 59.6 Å². The molecule has 3 fully saturated rings. The standard InChI is InChI=1S/C34H33BrN6O3/c1-17-10-22(23-13-36-20(4)37-14-23)11-25-26(19(3)42)15-40(30(17)25)16-29(43)41-27(12-34(5)18(2)31(34)41)33(44)39-32-24(21-6-7-21)8-9-28(35)38-32/h8-11,13-15,21,27,31H,2,6-7,12,16H2,1,3-5H3,(H,38,39,44)/t27-,31+,34-/m0/s1. The molecule has 0 radical (unpaired) electrons. The van der Waals surface area contributed by atoms with Crippen molar-refractivity contribution < 1.29 is 14.4 Å². The van der Waals surface area contributed by atoms with Crippen molar-refractivity contribution >= 4 is 50.2 Å². The minimum absolute atomic E-state index is 0.0102. The van der Waals surface area contributed by atoms with Gasteiger partial charge in [-0.3, -0.25) is 14.4 Å². The molecule has 0 spiro atoms. The van der Waals surface area contributed by atoms with E-state index in [0.29, 0.717) is 34.1 Å². The number of hydrogen-bond acceptors (Lipinski definition) is 6. The minimum atomic E-state index is -0.654. The average Bonchev–Trinajstić information content (AvgIpc) is 3.81. The van der Waals surface area contributed by atoms with Gasteiger partial charge in [0.1, 0.15) is 28.8 Å². The topological polar surface area (TPSA) is 110 Å². The summed E-state index contributed by atoms with van der Waals surface area (Å²) < 4.78 is 2.49. The summed E-state index contributed by atoms with van der Waals surface area (Å²) in [6.45, 7) is 11.6. The van der Waals surface area contributed by atoms with E-state index in [2.05, 4.69) is 49.7 Å². The molecular formula is C34H33BrN6O3. The van der Waals surface area contributed by atoms with Gasteiger partial charge in [-0.1, -0.05) is 19.6 Å². The summed E-state index contributed by atoms with van der Waals surface area (Å²) >= 11 is 3.43. The number of rotatable bonds is 7. The molecule has 10 heteroatoms. The van der Waals surface area contributed by atoms with Crippen LogP contribution in [-0.4, -0.2) is 54.1 Å². The lowest BCUT2D eigenvalue weighted by atomic mass is 10.00. The number of pyridine rings is 1. The van der Waals surface area contributed by atoms with E-state index in [0.717, 1.165) is 51.6 Å². The summed E-state index contributed by atoms with van der Waals surface area (Å²) in [6, 6.07) is 7.03. The van der Waals surface area contributed by atoms with E-state index in [1.165, 1.54) is 6.92 Å². The van der Waals surface area contributed by atoms with Crippen LogP contribution in [0, 0.1) is 19.3 Å². The molecule has 0 bridgehead atoms. The van der Waals surface area contributed by atoms with Gasteiger partial charge in [-0.2, -0.15) is 0 Å². The Balaban J connectivity index is 1.21. The lowest BCUT2D eigenvalue weighted by molar-refractivity contribution is -0.138. The number of anilines is 1. The Bertz CT molecular complexity index is 1910. The first-order valence-electron chi connectivity index (χ1n) is 14.9. The number of hydrogen-bond donors (Lipinski definition) is 1. The monoisotopic (exact) mass is 652 g/mol. The highest BCUT2D eigenvalue weighted by atomic mass is 79.9. The fraction of sp³-hybridized carbons (Fsp3) is 0.353. The molecule has 4 heterocycles. The number of halogens is 1. The maximum Gasteiger partial charge on any atom is 0.248 e. The van der Waals surface area contributed by atoms with Crippen LogP contribution < -0.4 is 5.32 Å². The number of fused-ring (bicyclic) bond motifs is 2. The Morgan fingerprint density at radius 2 is 1.84 bits per heavy atom. The highest BCUT2D eigenvalue weighted by Crippen LogP contribution is 2.63. The number of Topliss-reactive ketones (excluding diaryl/α,β-unsaturated/α-hetero) is 1. The van der Waals surface area contributed by atoms with Gasteiger partial charge in [-0.05, 0) is 102 Å². The van der Waals surface area contributed by atoms with Gasteiger partial charge in [0.05, 0.1) is 11.6 Å². The Morgan fingerprint density at radius 1 is 1.11 bits per heavy atom. The summed E-state index contributed by atoms with van der Waals surface area (Å²) in [5.74, 6) is 1.11. The van der Waals surface area contributed by atoms with Crippen LogP contribution in [0.1, 0.15) is 66.3 Å². The van der Waals surface area contributed by atoms with Crippen LogP contribution in [0.4, 0.5) is 5.82 Å². The van der Waals surface area contributed by atoms with Crippen molar-refractivity contribution in [3.8, 4) is 11.1 Å². The fourth-order valence-electron chi connectivity index (χ4n) is 6.94. The zero-order valence-corrected chi connectivity index (χ0v) is 26.7. The number of nitrogens with zero attached hydrogens (tertiary/aromatic N) is 5. The number of carbonyl (C=O) groups excluding carboxylic acids is 3. The molecule has 1 aliphatic heterocycles. The van der Waals surface area contributed by atoms with Gasteiger partial charge < -0.3 is 14.8 Å². The number of benzene rings is 1. The van der Waals surface area contributed by atoms with Crippen LogP contribution >= 0.6 is 15.9 Å². The van der Waals surface area contributed by atoms with E-state index >= 15 is 0 Å². The number of amides is 2. The Morgan fingerprint density at radius 3 is 2.52 bits per heavy atom. The Labute approximate surface area is 263 Å². The van der Waals surface area contributed by atoms with E-state index in [1.54, 1.807) is 23.5 Å². The van der Waals surface area contributed by atoms with Gasteiger partial charge in [0.15, 0.2) is 5.78 Å². The van der Waals surface area contributed by atoms with E-state index in [9.17, 15) is 14.4 Å². The van der Waals surface area contributed by atoms with Crippen LogP contribution in [-0.2, 0) is 16.1 Å². The highest BCUT2D eigenvalue weighted by Gasteiger charge is 2.67. The molecule has 2 aliphatic carbocycles. The Kier molecular flexibility index (Phi) is 6.62. The van der Waals surface area contributed by atoms with E-state index in [-0.39, 0.29) is 35.6 Å². The third kappa shape index (κ3) is 4.67. The van der Waals surface area contributed by atoms with Crippen LogP contribution in [0.3, 0.4) is 0 Å². The maximum absolute atomic E-state index is 14.2. The number of aromatic nitrogens is 4. The van der Waals surface area contributed by atoms with Crippen LogP contribution in [0.2, 0.25) is 0 Å². The summed E-state index contributed by atoms with van der Waals surface area (Å²) in [4.78, 5) is 55.7. The predicted octanol–water partition coefficient (Wildman–Crippen LogP) is 6.14. The first-order chi connectivity index (χ1) is 21.0. The SMILES string of the molecule is C=C1[C@H]2N(C(=O)Cn3cc(C(C)=O)c4cc(-c5cnc(C)nc5)cc(C)c43)[C@H](C(=O)Nc3nc(Br)ccc3C3CC3)C[C@@]12C. The van der Waals surface area contributed by atoms with Crippen molar-refractivity contribution in [3.63, 3.8) is 0 Å². The summed E-state index contributed by atoms with van der Waals surface area (Å²) in [6.07, 6.45) is 7.96. The molecule has 3 atom stereocenters. The zero-order chi connectivity index (χ0) is 31.1. The smallest absolute Gasteiger partial charge is 0.248 e. The van der Waals surface area contributed by atoms with Gasteiger partial charge in [0.25, 0.3) is 0 Å². The highest BCUT2D eigenvalue weighted by molar-refractivity contribution is 9.10. The minimum Gasteiger partial charge on any atom is -0.337 e. The van der Waals surface area contributed by atoms with E-state index < -0.39 is 6.04 Å². The summed E-state index contributed by atoms with van der Waals surface area (Å²) in [7, 11) is 0. The van der Waals surface area contributed by atoms with Gasteiger partial charge >= 0.3 is 0 Å². The molecular weight excluding hydrogens is 620 g/mol. The first kappa shape index (κ1) is 28.6. The third-order valence-corrected chi connectivity index (χ3v) is 9.96. The van der Waals surface area contributed by atoms with Crippen molar-refractivity contribution in [2.24, 2.45) is 5.41 Å². The van der Waals surface area contributed by atoms with Crippen molar-refractivity contribution in [2.75, 3.05) is 5.32 Å². The number of ketones is 1. The van der Waals surface area contributed by atoms with Crippen molar-refractivity contribution in [1.82, 2.24) is 24.4 Å². The molecule has 44 heavy (non-hydrogen) atoms. The second-order valence-corrected chi connectivity index (χ2v) is 13.4. The van der Waals surface area contributed by atoms with Crippen LogP contribution in [0.5, 0.6) is 0 Å². The second-order valence-electron chi connectivity index (χ2n) is 12.6. The van der Waals surface area contributed by atoms with E-state index in [1.807, 2.05) is 42.7 Å². The maximum atomic E-state index is 14.2. The molecule has 4 aromatic rings. The predicted molar refractivity (Wildman–Crippen MR) is 171 cm³/mol. The number of nitrogens with one attached hydrogen (secondary N) is 1. The molecule has 0 unspecified atom stereocenters. The van der Waals surface area contributed by atoms with Gasteiger partial charge in [-0.25, -0.2) is 15.0 Å². The van der Waals surface area contributed by atoms with Crippen molar-refractivity contribution in [1.29, 1.82) is 0 Å². The number of aryl methyl sites for hydroxylation is 2. The average molecular weight is 654 g/mol. The van der Waals surface area contributed by atoms with Crippen LogP contribution in [0.25, 0.3) is 22.0 Å². The lowest BCUT2D eigenvalue weighted by Gasteiger charge is -2.27. The van der Waals surface area contributed by atoms with E-state index in [4.69, 9.17) is 0 Å². The molecule has 7 rings (SSSR count). The quantitative estimate of drug-likeness (QED) is 0.146. The van der Waals surface area contributed by atoms with Crippen molar-refractivity contribution in [3.05, 3.63) is 82.1 Å². The number of likely N-dealkylation sites (tertiary alicyclic amines) is 1. The largest absolute Gasteiger partial charge is 0.337 e. The zero-order valence-electron chi connectivity index (χ0n) is 25.1. The molecule has 9 nitrogen and oxygen atoms in total. The van der Waals surface area contributed by atoms with Gasteiger partial charge in [0.2, 0.25) is 11.8 Å². The van der Waals surface area contributed by atoms with Crippen molar-refractivity contribution in [2.45, 2.75) is 71.5 Å². The molecule has 2 amide bonds. The summed E-state index contributed by atoms with van der Waals surface area (Å²) in [5, 5.41) is 3.82. The second kappa shape index (κ2) is 10.2. The first-order valence-corrected chi connectivity index (χ1v) is 15.7. The normalized spacial score (nSPS) is 22.3. The number of carbonyl (C=O) groups is 3. The van der Waals surface area contributed by atoms with Gasteiger partial charge in [-0.15, -0.1) is 0 Å².